The summed E-state index contributed by atoms with van der Waals surface area (Å²) in [6.45, 7) is 3.95. The lowest BCUT2D eigenvalue weighted by atomic mass is 10.2. The van der Waals surface area contributed by atoms with Crippen molar-refractivity contribution in [1.82, 2.24) is 10.2 Å². The van der Waals surface area contributed by atoms with Gasteiger partial charge in [0.15, 0.2) is 0 Å². The lowest BCUT2D eigenvalue weighted by Crippen LogP contribution is -2.48. The van der Waals surface area contributed by atoms with Gasteiger partial charge < -0.3 is 21.1 Å². The second-order valence-electron chi connectivity index (χ2n) is 4.11. The van der Waals surface area contributed by atoms with Crippen molar-refractivity contribution in [2.45, 2.75) is 38.4 Å². The quantitative estimate of drug-likeness (QED) is 0.583. The van der Waals surface area contributed by atoms with E-state index in [1.807, 2.05) is 13.8 Å². The molecule has 0 spiro atoms. The topological polar surface area (TPSA) is 95.7 Å². The van der Waals surface area contributed by atoms with Crippen LogP contribution in [0.5, 0.6) is 0 Å². The van der Waals surface area contributed by atoms with Crippen LogP contribution in [-0.2, 0) is 4.79 Å². The van der Waals surface area contributed by atoms with Crippen LogP contribution in [0.4, 0.5) is 4.79 Å². The predicted octanol–water partition coefficient (Wildman–Crippen LogP) is -0.409. The number of nitrogens with two attached hydrogens (primary N) is 1. The van der Waals surface area contributed by atoms with Crippen molar-refractivity contribution in [2.24, 2.45) is 5.73 Å². The fraction of sp³-hybridized carbons (Fsp3) is 0.778. The summed E-state index contributed by atoms with van der Waals surface area (Å²) < 4.78 is 0. The molecule has 0 saturated carbocycles. The van der Waals surface area contributed by atoms with Gasteiger partial charge in [0, 0.05) is 18.6 Å². The first-order valence-corrected chi connectivity index (χ1v) is 4.97. The highest BCUT2D eigenvalue weighted by Gasteiger charge is 2.38. The summed E-state index contributed by atoms with van der Waals surface area (Å²) in [5.41, 5.74) is 5.64. The van der Waals surface area contributed by atoms with Crippen LogP contribution >= 0.6 is 0 Å². The zero-order valence-electron chi connectivity index (χ0n) is 8.93. The molecule has 86 valence electrons. The zero-order chi connectivity index (χ0) is 11.6. The number of hydrogen-bond donors (Lipinski definition) is 3. The molecule has 1 heterocycles. The van der Waals surface area contributed by atoms with E-state index < -0.39 is 12.0 Å². The highest BCUT2D eigenvalue weighted by atomic mass is 16.4. The Balaban J connectivity index is 2.66. The number of urea groups is 1. The molecule has 0 aromatic carbocycles. The summed E-state index contributed by atoms with van der Waals surface area (Å²) in [7, 11) is 0. The van der Waals surface area contributed by atoms with Crippen LogP contribution < -0.4 is 11.1 Å². The van der Waals surface area contributed by atoms with Crippen LogP contribution in [0.3, 0.4) is 0 Å². The van der Waals surface area contributed by atoms with E-state index in [2.05, 4.69) is 5.32 Å². The number of carboxylic acids is 1. The van der Waals surface area contributed by atoms with E-state index in [4.69, 9.17) is 10.8 Å². The molecule has 4 N–H and O–H groups in total. The lowest BCUT2D eigenvalue weighted by Gasteiger charge is -2.22. The van der Waals surface area contributed by atoms with E-state index in [0.717, 1.165) is 0 Å². The minimum absolute atomic E-state index is 0.0104. The molecule has 6 heteroatoms. The Morgan fingerprint density at radius 2 is 2.13 bits per heavy atom. The molecule has 0 radical (unpaired) electrons. The summed E-state index contributed by atoms with van der Waals surface area (Å²) >= 11 is 0. The van der Waals surface area contributed by atoms with Crippen molar-refractivity contribution in [1.29, 1.82) is 0 Å². The molecular weight excluding hydrogens is 198 g/mol. The molecule has 0 aliphatic carbocycles. The third-order valence-corrected chi connectivity index (χ3v) is 2.29. The number of aliphatic carboxylic acids is 1. The fourth-order valence-electron chi connectivity index (χ4n) is 1.66. The first kappa shape index (κ1) is 11.8. The largest absolute Gasteiger partial charge is 0.480 e. The van der Waals surface area contributed by atoms with Gasteiger partial charge in [0.2, 0.25) is 0 Å². The van der Waals surface area contributed by atoms with E-state index in [-0.39, 0.29) is 18.1 Å². The number of hydrogen-bond acceptors (Lipinski definition) is 3. The summed E-state index contributed by atoms with van der Waals surface area (Å²) in [6.07, 6.45) is 0.320. The Kier molecular flexibility index (Phi) is 3.52. The van der Waals surface area contributed by atoms with Crippen molar-refractivity contribution < 1.29 is 14.7 Å². The van der Waals surface area contributed by atoms with Gasteiger partial charge in [-0.1, -0.05) is 0 Å². The monoisotopic (exact) mass is 215 g/mol. The summed E-state index contributed by atoms with van der Waals surface area (Å²) in [6, 6.07) is -1.41. The maximum atomic E-state index is 11.6. The average molecular weight is 215 g/mol. The van der Waals surface area contributed by atoms with Gasteiger partial charge in [-0.15, -0.1) is 0 Å². The van der Waals surface area contributed by atoms with Crippen LogP contribution in [0, 0.1) is 0 Å². The Hall–Kier alpha value is -1.30. The first-order valence-electron chi connectivity index (χ1n) is 4.97. The first-order chi connectivity index (χ1) is 6.91. The number of carboxylic acid groups (broad SMARTS) is 1. The second-order valence-corrected chi connectivity index (χ2v) is 4.11. The number of nitrogens with one attached hydrogen (secondary N) is 1. The molecule has 0 aromatic heterocycles. The standard InChI is InChI=1S/C9H17N3O3/c1-5(2)11-9(15)12-4-6(10)3-7(12)8(13)14/h5-7H,3-4,10H2,1-2H3,(H,11,15)(H,13,14). The highest BCUT2D eigenvalue weighted by molar-refractivity contribution is 5.83. The molecule has 0 bridgehead atoms. The number of nitrogens with zero attached hydrogens (tertiary/aromatic N) is 1. The van der Waals surface area contributed by atoms with Gasteiger partial charge in [-0.3, -0.25) is 0 Å². The van der Waals surface area contributed by atoms with Crippen LogP contribution in [-0.4, -0.2) is 46.7 Å². The number of carbonyl (C=O) groups is 2. The molecule has 1 aliphatic heterocycles. The normalized spacial score (nSPS) is 25.7. The molecule has 6 nitrogen and oxygen atoms in total. The fourth-order valence-corrected chi connectivity index (χ4v) is 1.66. The Morgan fingerprint density at radius 3 is 2.60 bits per heavy atom. The minimum Gasteiger partial charge on any atom is -0.480 e. The van der Waals surface area contributed by atoms with Gasteiger partial charge in [0.1, 0.15) is 6.04 Å². The minimum atomic E-state index is -0.998. The zero-order valence-corrected chi connectivity index (χ0v) is 8.93. The Bertz CT molecular complexity index is 267. The second kappa shape index (κ2) is 4.48. The number of likely N-dealkylation sites (tertiary alicyclic amines) is 1. The average Bonchev–Trinajstić information content (AvgIpc) is 2.46. The van der Waals surface area contributed by atoms with Gasteiger partial charge >= 0.3 is 12.0 Å². The lowest BCUT2D eigenvalue weighted by molar-refractivity contribution is -0.141. The highest BCUT2D eigenvalue weighted by Crippen LogP contribution is 2.16. The maximum Gasteiger partial charge on any atom is 0.326 e. The van der Waals surface area contributed by atoms with Crippen LogP contribution in [0.25, 0.3) is 0 Å². The van der Waals surface area contributed by atoms with E-state index in [9.17, 15) is 9.59 Å². The molecule has 15 heavy (non-hydrogen) atoms. The molecule has 2 unspecified atom stereocenters. The predicted molar refractivity (Wildman–Crippen MR) is 54.4 cm³/mol. The molecule has 0 aromatic rings. The van der Waals surface area contributed by atoms with Crippen molar-refractivity contribution in [2.75, 3.05) is 6.54 Å². The molecular formula is C9H17N3O3. The smallest absolute Gasteiger partial charge is 0.326 e. The Labute approximate surface area is 88.4 Å². The Morgan fingerprint density at radius 1 is 1.53 bits per heavy atom. The molecule has 1 fully saturated rings. The number of rotatable bonds is 2. The molecule has 1 rings (SSSR count). The van der Waals surface area contributed by atoms with Crippen molar-refractivity contribution in [3.8, 4) is 0 Å². The molecule has 1 aliphatic rings. The van der Waals surface area contributed by atoms with Crippen molar-refractivity contribution in [3.05, 3.63) is 0 Å². The van der Waals surface area contributed by atoms with Crippen molar-refractivity contribution >= 4 is 12.0 Å². The van der Waals surface area contributed by atoms with Crippen LogP contribution in [0.1, 0.15) is 20.3 Å². The SMILES string of the molecule is CC(C)NC(=O)N1CC(N)CC1C(=O)O. The van der Waals surface area contributed by atoms with Gasteiger partial charge in [-0.25, -0.2) is 9.59 Å². The number of amides is 2. The molecule has 1 saturated heterocycles. The molecule has 2 amide bonds. The van der Waals surface area contributed by atoms with Gasteiger partial charge in [-0.05, 0) is 20.3 Å². The van der Waals surface area contributed by atoms with Crippen LogP contribution in [0.2, 0.25) is 0 Å². The summed E-state index contributed by atoms with van der Waals surface area (Å²) in [5, 5.41) is 11.6. The van der Waals surface area contributed by atoms with E-state index >= 15 is 0 Å². The van der Waals surface area contributed by atoms with Gasteiger partial charge in [0.05, 0.1) is 0 Å². The van der Waals surface area contributed by atoms with Crippen LogP contribution in [0.15, 0.2) is 0 Å². The van der Waals surface area contributed by atoms with E-state index in [0.29, 0.717) is 13.0 Å². The van der Waals surface area contributed by atoms with Crippen molar-refractivity contribution in [3.63, 3.8) is 0 Å². The third-order valence-electron chi connectivity index (χ3n) is 2.29. The summed E-state index contributed by atoms with van der Waals surface area (Å²) in [5.74, 6) is -0.998. The van der Waals surface area contributed by atoms with E-state index in [1.54, 1.807) is 0 Å². The summed E-state index contributed by atoms with van der Waals surface area (Å²) in [4.78, 5) is 23.8. The third kappa shape index (κ3) is 2.82. The molecule has 2 atom stereocenters. The van der Waals surface area contributed by atoms with Gasteiger partial charge in [0.25, 0.3) is 0 Å². The number of carbonyl (C=O) groups excluding carboxylic acids is 1. The maximum absolute atomic E-state index is 11.6. The van der Waals surface area contributed by atoms with Gasteiger partial charge in [-0.2, -0.15) is 0 Å². The van der Waals surface area contributed by atoms with E-state index in [1.165, 1.54) is 4.90 Å².